The average molecular weight is 644 g/mol. The van der Waals surface area contributed by atoms with Gasteiger partial charge in [-0.2, -0.15) is 0 Å². The third-order valence-corrected chi connectivity index (χ3v) is 11.8. The van der Waals surface area contributed by atoms with Crippen molar-refractivity contribution in [3.63, 3.8) is 0 Å². The number of benzene rings is 7. The Balaban J connectivity index is 1.24. The van der Waals surface area contributed by atoms with E-state index in [-0.39, 0.29) is 10.8 Å². The molecular formula is C49H41N. The van der Waals surface area contributed by atoms with E-state index in [1.165, 1.54) is 61.3 Å². The minimum Gasteiger partial charge on any atom is -0.310 e. The molecule has 0 aliphatic heterocycles. The Kier molecular flexibility index (Phi) is 6.80. The molecule has 0 radical (unpaired) electrons. The van der Waals surface area contributed by atoms with Gasteiger partial charge in [0.05, 0.1) is 5.41 Å². The number of fused-ring (bicyclic) bond motifs is 6. The van der Waals surface area contributed by atoms with Crippen molar-refractivity contribution in [2.45, 2.75) is 43.9 Å². The van der Waals surface area contributed by atoms with Crippen molar-refractivity contribution in [1.29, 1.82) is 0 Å². The van der Waals surface area contributed by atoms with Crippen molar-refractivity contribution in [3.8, 4) is 22.3 Å². The van der Waals surface area contributed by atoms with E-state index in [2.05, 4.69) is 209 Å². The fourth-order valence-corrected chi connectivity index (χ4v) is 9.45. The summed E-state index contributed by atoms with van der Waals surface area (Å²) < 4.78 is 0. The number of hydrogen-bond donors (Lipinski definition) is 0. The highest BCUT2D eigenvalue weighted by Gasteiger charge is 2.54. The van der Waals surface area contributed by atoms with E-state index < -0.39 is 5.41 Å². The maximum atomic E-state index is 2.43. The van der Waals surface area contributed by atoms with E-state index >= 15 is 0 Å². The molecule has 1 nitrogen and oxygen atoms in total. The van der Waals surface area contributed by atoms with Gasteiger partial charge in [0.25, 0.3) is 0 Å². The molecule has 50 heavy (non-hydrogen) atoms. The number of hydrogen-bond acceptors (Lipinski definition) is 1. The molecule has 0 heterocycles. The van der Waals surface area contributed by atoms with Crippen molar-refractivity contribution in [2.24, 2.45) is 0 Å². The Hall–Kier alpha value is -5.66. The molecule has 2 aliphatic rings. The SMILES string of the molecule is CC1(C)c2ccccc2-c2ccc(N(c3ccccc3)c3ccc(C4(c5ccccc5)c5ccccc5-c5ccccc5C4(C)C)cc3)cc21. The van der Waals surface area contributed by atoms with E-state index in [9.17, 15) is 0 Å². The van der Waals surface area contributed by atoms with E-state index in [1.807, 2.05) is 0 Å². The molecule has 2 aliphatic carbocycles. The topological polar surface area (TPSA) is 3.24 Å². The lowest BCUT2D eigenvalue weighted by Crippen LogP contribution is -2.49. The van der Waals surface area contributed by atoms with E-state index in [1.54, 1.807) is 0 Å². The fraction of sp³-hybridized carbons (Fsp3) is 0.143. The molecule has 0 amide bonds. The standard InChI is InChI=1S/C49H41N/c1-47(2)43-24-14-11-21-39(43)42-32-31-38(33-46(42)47)50(36-19-9-6-10-20-36)37-29-27-35(28-30-37)49(34-17-7-5-8-18-34)45-26-16-13-23-41(45)40-22-12-15-25-44(40)48(49,3)4/h5-33H,1-4H3. The zero-order valence-electron chi connectivity index (χ0n) is 29.2. The van der Waals surface area contributed by atoms with Crippen molar-refractivity contribution < 1.29 is 0 Å². The third kappa shape index (κ3) is 4.19. The monoisotopic (exact) mass is 643 g/mol. The first-order valence-corrected chi connectivity index (χ1v) is 17.8. The Bertz CT molecular complexity index is 2370. The van der Waals surface area contributed by atoms with Crippen LogP contribution in [0.3, 0.4) is 0 Å². The Labute approximate surface area is 296 Å². The zero-order chi connectivity index (χ0) is 34.1. The molecule has 1 heteroatoms. The van der Waals surface area contributed by atoms with Crippen LogP contribution in [0.1, 0.15) is 61.1 Å². The summed E-state index contributed by atoms with van der Waals surface area (Å²) in [6.45, 7) is 9.58. The van der Waals surface area contributed by atoms with Gasteiger partial charge in [-0.3, -0.25) is 0 Å². The van der Waals surface area contributed by atoms with Crippen molar-refractivity contribution in [3.05, 3.63) is 209 Å². The van der Waals surface area contributed by atoms with Gasteiger partial charge in [-0.1, -0.05) is 167 Å². The molecule has 0 bridgehead atoms. The number of rotatable bonds is 5. The van der Waals surface area contributed by atoms with E-state index in [4.69, 9.17) is 0 Å². The van der Waals surface area contributed by atoms with Crippen LogP contribution in [0.5, 0.6) is 0 Å². The predicted octanol–water partition coefficient (Wildman–Crippen LogP) is 12.8. The third-order valence-electron chi connectivity index (χ3n) is 11.8. The van der Waals surface area contributed by atoms with Gasteiger partial charge in [-0.15, -0.1) is 0 Å². The highest BCUT2D eigenvalue weighted by Crippen LogP contribution is 2.60. The van der Waals surface area contributed by atoms with Gasteiger partial charge in [-0.05, 0) is 92.0 Å². The molecule has 1 atom stereocenters. The molecule has 7 aromatic carbocycles. The van der Waals surface area contributed by atoms with Crippen LogP contribution < -0.4 is 4.90 Å². The van der Waals surface area contributed by atoms with Crippen LogP contribution >= 0.6 is 0 Å². The van der Waals surface area contributed by atoms with Crippen molar-refractivity contribution in [1.82, 2.24) is 0 Å². The minimum atomic E-state index is -0.418. The quantitative estimate of drug-likeness (QED) is 0.180. The van der Waals surface area contributed by atoms with E-state index in [0.717, 1.165) is 11.4 Å². The van der Waals surface area contributed by atoms with E-state index in [0.29, 0.717) is 0 Å². The van der Waals surface area contributed by atoms with Gasteiger partial charge in [0.2, 0.25) is 0 Å². The first-order valence-electron chi connectivity index (χ1n) is 17.8. The summed E-state index contributed by atoms with van der Waals surface area (Å²) in [5.41, 5.74) is 16.1. The second-order valence-corrected chi connectivity index (χ2v) is 15.0. The molecule has 0 N–H and O–H groups in total. The second kappa shape index (κ2) is 11.2. The van der Waals surface area contributed by atoms with Gasteiger partial charge in [-0.25, -0.2) is 0 Å². The normalized spacial score (nSPS) is 17.6. The van der Waals surface area contributed by atoms with Gasteiger partial charge in [0.15, 0.2) is 0 Å². The lowest BCUT2D eigenvalue weighted by molar-refractivity contribution is 0.353. The Morgan fingerprint density at radius 3 is 1.44 bits per heavy atom. The molecule has 242 valence electrons. The smallest absolute Gasteiger partial charge is 0.0548 e. The van der Waals surface area contributed by atoms with Gasteiger partial charge in [0, 0.05) is 27.9 Å². The van der Waals surface area contributed by atoms with Crippen LogP contribution in [-0.2, 0) is 16.2 Å². The molecule has 0 aromatic heterocycles. The van der Waals surface area contributed by atoms with Gasteiger partial charge in [0.1, 0.15) is 0 Å². The molecule has 0 saturated carbocycles. The molecule has 0 saturated heterocycles. The van der Waals surface area contributed by atoms with Crippen LogP contribution in [-0.4, -0.2) is 0 Å². The lowest BCUT2D eigenvalue weighted by atomic mass is 9.49. The summed E-state index contributed by atoms with van der Waals surface area (Å²) in [7, 11) is 0. The number of para-hydroxylation sites is 1. The summed E-state index contributed by atoms with van der Waals surface area (Å²) >= 11 is 0. The Morgan fingerprint density at radius 1 is 0.340 bits per heavy atom. The number of anilines is 3. The summed E-state index contributed by atoms with van der Waals surface area (Å²) in [5.74, 6) is 0. The molecular weight excluding hydrogens is 603 g/mol. The predicted molar refractivity (Wildman–Crippen MR) is 210 cm³/mol. The molecule has 7 aromatic rings. The van der Waals surface area contributed by atoms with Crippen LogP contribution in [0.15, 0.2) is 176 Å². The average Bonchev–Trinajstić information content (AvgIpc) is 3.39. The van der Waals surface area contributed by atoms with Gasteiger partial charge >= 0.3 is 0 Å². The summed E-state index contributed by atoms with van der Waals surface area (Å²) in [6, 6.07) is 65.3. The van der Waals surface area contributed by atoms with Crippen LogP contribution in [0.2, 0.25) is 0 Å². The highest BCUT2D eigenvalue weighted by molar-refractivity contribution is 5.86. The maximum Gasteiger partial charge on any atom is 0.0548 e. The largest absolute Gasteiger partial charge is 0.310 e. The van der Waals surface area contributed by atoms with Gasteiger partial charge < -0.3 is 4.90 Å². The maximum absolute atomic E-state index is 2.43. The number of nitrogens with zero attached hydrogens (tertiary/aromatic N) is 1. The first-order chi connectivity index (χ1) is 24.3. The summed E-state index contributed by atoms with van der Waals surface area (Å²) in [5, 5.41) is 0. The zero-order valence-corrected chi connectivity index (χ0v) is 29.2. The Morgan fingerprint density at radius 2 is 0.780 bits per heavy atom. The molecule has 9 rings (SSSR count). The minimum absolute atomic E-state index is 0.0769. The summed E-state index contributed by atoms with van der Waals surface area (Å²) in [4.78, 5) is 2.41. The van der Waals surface area contributed by atoms with Crippen LogP contribution in [0, 0.1) is 0 Å². The lowest BCUT2D eigenvalue weighted by Gasteiger charge is -2.53. The highest BCUT2D eigenvalue weighted by atomic mass is 15.1. The van der Waals surface area contributed by atoms with Crippen LogP contribution in [0.4, 0.5) is 17.1 Å². The fourth-order valence-electron chi connectivity index (χ4n) is 9.45. The molecule has 0 spiro atoms. The first kappa shape index (κ1) is 30.4. The van der Waals surface area contributed by atoms with Crippen molar-refractivity contribution in [2.75, 3.05) is 4.90 Å². The summed E-state index contributed by atoms with van der Waals surface area (Å²) in [6.07, 6.45) is 0. The van der Waals surface area contributed by atoms with Crippen LogP contribution in [0.25, 0.3) is 22.3 Å². The molecule has 0 fully saturated rings. The molecule has 1 unspecified atom stereocenters. The second-order valence-electron chi connectivity index (χ2n) is 15.0. The van der Waals surface area contributed by atoms with Crippen molar-refractivity contribution >= 4 is 17.1 Å².